The van der Waals surface area contributed by atoms with E-state index in [1.807, 2.05) is 0 Å². The van der Waals surface area contributed by atoms with E-state index < -0.39 is 5.54 Å². The van der Waals surface area contributed by atoms with E-state index in [0.29, 0.717) is 45.2 Å². The van der Waals surface area contributed by atoms with Crippen LogP contribution >= 0.6 is 11.8 Å². The third-order valence-electron chi connectivity index (χ3n) is 3.65. The number of amides is 1. The van der Waals surface area contributed by atoms with Crippen LogP contribution in [0.15, 0.2) is 0 Å². The predicted octanol–water partition coefficient (Wildman–Crippen LogP) is -0.393. The zero-order valence-corrected chi connectivity index (χ0v) is 17.9. The Balaban J connectivity index is 4.93. The van der Waals surface area contributed by atoms with Gasteiger partial charge in [0.05, 0.1) is 19.8 Å². The maximum atomic E-state index is 12.4. The lowest BCUT2D eigenvalue weighted by molar-refractivity contribution is -0.127. The highest BCUT2D eigenvalue weighted by Gasteiger charge is 2.33. The molecule has 0 aromatic rings. The Kier molecular flexibility index (Phi) is 17.8. The molecule has 0 radical (unpaired) electrons. The van der Waals surface area contributed by atoms with Crippen molar-refractivity contribution in [2.45, 2.75) is 38.1 Å². The fourth-order valence-electron chi connectivity index (χ4n) is 2.24. The minimum Gasteiger partial charge on any atom is -0.379 e. The molecule has 166 valence electrons. The Morgan fingerprint density at radius 2 is 1.29 bits per heavy atom. The Morgan fingerprint density at radius 1 is 0.857 bits per heavy atom. The van der Waals surface area contributed by atoms with Gasteiger partial charge in [0.2, 0.25) is 5.91 Å². The molecule has 0 saturated carbocycles. The first-order valence-electron chi connectivity index (χ1n) is 9.77. The first-order valence-corrected chi connectivity index (χ1v) is 10.8. The molecule has 0 aromatic heterocycles. The molecule has 0 aliphatic rings. The van der Waals surface area contributed by atoms with Gasteiger partial charge in [0.1, 0.15) is 5.54 Å². The minimum absolute atomic E-state index is 0.0144. The summed E-state index contributed by atoms with van der Waals surface area (Å²) in [5.41, 5.74) is 15.7. The number of nitrogens with one attached hydrogen (secondary N) is 1. The molecule has 7 N–H and O–H groups in total. The molecule has 0 bridgehead atoms. The number of hydrogen-bond acceptors (Lipinski definition) is 9. The van der Waals surface area contributed by atoms with Crippen molar-refractivity contribution in [3.63, 3.8) is 0 Å². The highest BCUT2D eigenvalue weighted by Crippen LogP contribution is 2.12. The second-order valence-corrected chi connectivity index (χ2v) is 7.77. The Morgan fingerprint density at radius 3 is 1.64 bits per heavy atom. The van der Waals surface area contributed by atoms with E-state index in [4.69, 9.17) is 31.4 Å². The third kappa shape index (κ3) is 15.2. The summed E-state index contributed by atoms with van der Waals surface area (Å²) in [5, 5.41) is 2.99. The third-order valence-corrected chi connectivity index (χ3v) is 4.47. The smallest absolute Gasteiger partial charge is 0.221 e. The van der Waals surface area contributed by atoms with Crippen LogP contribution in [-0.4, -0.2) is 81.6 Å². The molecule has 28 heavy (non-hydrogen) atoms. The van der Waals surface area contributed by atoms with Crippen LogP contribution in [0, 0.1) is 0 Å². The van der Waals surface area contributed by atoms with Crippen LogP contribution in [0.3, 0.4) is 0 Å². The van der Waals surface area contributed by atoms with E-state index in [-0.39, 0.29) is 37.3 Å². The van der Waals surface area contributed by atoms with Crippen LogP contribution < -0.4 is 22.5 Å². The van der Waals surface area contributed by atoms with Crippen LogP contribution in [0.1, 0.15) is 32.6 Å². The normalized spacial score (nSPS) is 11.6. The van der Waals surface area contributed by atoms with Crippen molar-refractivity contribution in [2.75, 3.05) is 65.0 Å². The maximum Gasteiger partial charge on any atom is 0.221 e. The topological polar surface area (TPSA) is 152 Å². The van der Waals surface area contributed by atoms with Gasteiger partial charge in [-0.2, -0.15) is 0 Å². The zero-order chi connectivity index (χ0) is 21.1. The Hall–Kier alpha value is -0.750. The number of hydrogen-bond donors (Lipinski definition) is 4. The van der Waals surface area contributed by atoms with E-state index in [2.05, 4.69) is 5.32 Å². The van der Waals surface area contributed by atoms with Crippen molar-refractivity contribution in [3.05, 3.63) is 0 Å². The van der Waals surface area contributed by atoms with Gasteiger partial charge in [0, 0.05) is 38.9 Å². The van der Waals surface area contributed by atoms with Gasteiger partial charge in [0.25, 0.3) is 0 Å². The summed E-state index contributed by atoms with van der Waals surface area (Å²) in [6.45, 7) is 5.25. The van der Waals surface area contributed by atoms with Crippen molar-refractivity contribution in [2.24, 2.45) is 17.2 Å². The lowest BCUT2D eigenvalue weighted by Crippen LogP contribution is -2.58. The second kappa shape index (κ2) is 18.3. The highest BCUT2D eigenvalue weighted by molar-refractivity contribution is 8.13. The van der Waals surface area contributed by atoms with Gasteiger partial charge >= 0.3 is 0 Å². The molecule has 9 nitrogen and oxygen atoms in total. The molecular weight excluding hydrogens is 384 g/mol. The first-order chi connectivity index (χ1) is 13.5. The molecule has 0 rings (SSSR count). The fourth-order valence-corrected chi connectivity index (χ4v) is 2.81. The molecule has 0 fully saturated rings. The standard InChI is InChI=1S/C18H38N4O5S/c1-16(23)28-12-5-17(24)22-18(13-25-9-2-6-19,14-26-10-3-7-20)15-27-11-4-8-21/h2-15,19-21H2,1H3,(H,22,24). The lowest BCUT2D eigenvalue weighted by Gasteiger charge is -2.34. The summed E-state index contributed by atoms with van der Waals surface area (Å²) in [7, 11) is 0. The molecule has 0 heterocycles. The number of ether oxygens (including phenoxy) is 3. The first kappa shape index (κ1) is 27.2. The molecule has 0 aliphatic heterocycles. The average molecular weight is 423 g/mol. The highest BCUT2D eigenvalue weighted by atomic mass is 32.2. The van der Waals surface area contributed by atoms with E-state index in [1.165, 1.54) is 6.92 Å². The van der Waals surface area contributed by atoms with Crippen LogP contribution in [0.25, 0.3) is 0 Å². The lowest BCUT2D eigenvalue weighted by atomic mass is 10.0. The van der Waals surface area contributed by atoms with Gasteiger partial charge in [-0.3, -0.25) is 9.59 Å². The van der Waals surface area contributed by atoms with Crippen molar-refractivity contribution in [1.82, 2.24) is 5.32 Å². The Labute approximate surface area is 172 Å². The number of carbonyl (C=O) groups is 2. The summed E-state index contributed by atoms with van der Waals surface area (Å²) in [6, 6.07) is 0. The van der Waals surface area contributed by atoms with Crippen molar-refractivity contribution in [1.29, 1.82) is 0 Å². The molecule has 0 spiro atoms. The van der Waals surface area contributed by atoms with Crippen LogP contribution in [0.4, 0.5) is 0 Å². The summed E-state index contributed by atoms with van der Waals surface area (Å²) in [5.74, 6) is 0.244. The van der Waals surface area contributed by atoms with Crippen molar-refractivity contribution >= 4 is 22.8 Å². The largest absolute Gasteiger partial charge is 0.379 e. The molecule has 0 saturated heterocycles. The molecule has 0 aliphatic carbocycles. The zero-order valence-electron chi connectivity index (χ0n) is 17.1. The SMILES string of the molecule is CC(=O)SCCC(=O)NC(COCCCN)(COCCCN)COCCCN. The van der Waals surface area contributed by atoms with Gasteiger partial charge in [-0.05, 0) is 38.9 Å². The van der Waals surface area contributed by atoms with Gasteiger partial charge in [-0.15, -0.1) is 0 Å². The van der Waals surface area contributed by atoms with E-state index in [0.717, 1.165) is 31.0 Å². The van der Waals surface area contributed by atoms with E-state index in [1.54, 1.807) is 0 Å². The van der Waals surface area contributed by atoms with Crippen molar-refractivity contribution in [3.8, 4) is 0 Å². The number of nitrogens with two attached hydrogens (primary N) is 3. The fraction of sp³-hybridized carbons (Fsp3) is 0.889. The molecule has 0 atom stereocenters. The van der Waals surface area contributed by atoms with Gasteiger partial charge in [-0.1, -0.05) is 11.8 Å². The average Bonchev–Trinajstić information content (AvgIpc) is 2.65. The molecule has 10 heteroatoms. The number of carbonyl (C=O) groups excluding carboxylic acids is 2. The summed E-state index contributed by atoms with van der Waals surface area (Å²) in [4.78, 5) is 23.5. The quantitative estimate of drug-likeness (QED) is 0.204. The summed E-state index contributed by atoms with van der Waals surface area (Å²) >= 11 is 1.12. The monoisotopic (exact) mass is 422 g/mol. The maximum absolute atomic E-state index is 12.4. The van der Waals surface area contributed by atoms with Gasteiger partial charge in [-0.25, -0.2) is 0 Å². The van der Waals surface area contributed by atoms with Crippen LogP contribution in [0.2, 0.25) is 0 Å². The van der Waals surface area contributed by atoms with E-state index in [9.17, 15) is 9.59 Å². The molecular formula is C18H38N4O5S. The number of rotatable bonds is 19. The number of thioether (sulfide) groups is 1. The molecule has 0 unspecified atom stereocenters. The van der Waals surface area contributed by atoms with Gasteiger partial charge in [0.15, 0.2) is 5.12 Å². The Bertz CT molecular complexity index is 384. The minimum atomic E-state index is -0.824. The second-order valence-electron chi connectivity index (χ2n) is 6.50. The summed E-state index contributed by atoms with van der Waals surface area (Å²) in [6.07, 6.45) is 2.39. The molecule has 0 aromatic carbocycles. The van der Waals surface area contributed by atoms with Crippen LogP contribution in [-0.2, 0) is 23.8 Å². The van der Waals surface area contributed by atoms with Crippen molar-refractivity contribution < 1.29 is 23.8 Å². The summed E-state index contributed by atoms with van der Waals surface area (Å²) < 4.78 is 17.2. The van der Waals surface area contributed by atoms with Gasteiger partial charge < -0.3 is 36.7 Å². The van der Waals surface area contributed by atoms with E-state index >= 15 is 0 Å². The predicted molar refractivity (Wildman–Crippen MR) is 112 cm³/mol. The van der Waals surface area contributed by atoms with Crippen LogP contribution in [0.5, 0.6) is 0 Å². The molecule has 1 amide bonds.